The van der Waals surface area contributed by atoms with Crippen molar-refractivity contribution in [1.29, 1.82) is 0 Å². The van der Waals surface area contributed by atoms with Gasteiger partial charge in [-0.2, -0.15) is 0 Å². The largest absolute Gasteiger partial charge is 0.310 e. The van der Waals surface area contributed by atoms with E-state index in [9.17, 15) is 0 Å². The Morgan fingerprint density at radius 2 is 0.413 bits per heavy atom. The van der Waals surface area contributed by atoms with Gasteiger partial charge < -0.3 is 19.6 Å². The standard InChI is InChI=1S/C67H54N2S.C64H49FN2S/c1-65(2)55-31-19-16-30-51(55)52-37-34-47(40-56(52)65)69(60-33-21-18-29-50(60)44-24-12-8-13-25-44)48-36-39-54-58(42-48)67(5,6)62-61-63(70-64(54)62)53-38-35-46(41-57(53)66(61,3)4)68(45-26-14-9-15-27-45)59-32-20-17-28-49(59)43-22-10-7-11-23-43;1-63(2)54-40-48(66(46-28-16-8-17-29-46)57-33-21-20-32-50(57)43-24-12-6-13-25-43)34-36-51(54)61-58(63)59-62(68-61)52-37-35-49(41-55(52)64(59,3)4)67(47-30-18-9-19-31-47)60-53(44-26-14-7-15-27-44)38-45(39-56(60)65)42-22-10-5-11-23-42/h7-42H,1-6H3;5-41H,1-4H3. The zero-order valence-corrected chi connectivity index (χ0v) is 80.8. The minimum Gasteiger partial charge on any atom is -0.310 e. The molecular weight excluding hydrogens is 1710 g/mol. The van der Waals surface area contributed by atoms with Crippen LogP contribution in [0, 0.1) is 5.82 Å². The molecule has 5 aliphatic carbocycles. The molecule has 0 atom stereocenters. The molecule has 0 fully saturated rings. The van der Waals surface area contributed by atoms with Gasteiger partial charge in [0.25, 0.3) is 0 Å². The van der Waals surface area contributed by atoms with Crippen LogP contribution in [-0.2, 0) is 27.1 Å². The van der Waals surface area contributed by atoms with Crippen molar-refractivity contribution >= 4 is 90.9 Å². The summed E-state index contributed by atoms with van der Waals surface area (Å²) in [5.74, 6) is -0.279. The van der Waals surface area contributed by atoms with Gasteiger partial charge in [0.15, 0.2) is 0 Å². The fourth-order valence-corrected chi connectivity index (χ4v) is 26.8. The molecule has 18 aromatic carbocycles. The number of hydrogen-bond donors (Lipinski definition) is 0. The first kappa shape index (κ1) is 85.4. The molecule has 0 unspecified atom stereocenters. The van der Waals surface area contributed by atoms with Crippen LogP contribution in [0.4, 0.5) is 72.6 Å². The summed E-state index contributed by atoms with van der Waals surface area (Å²) in [5.41, 5.74) is 44.0. The summed E-state index contributed by atoms with van der Waals surface area (Å²) < 4.78 is 17.4. The van der Waals surface area contributed by atoms with Gasteiger partial charge in [0.05, 0.1) is 22.7 Å². The minimum absolute atomic E-state index is 0.126. The molecule has 7 heteroatoms. The van der Waals surface area contributed by atoms with Crippen molar-refractivity contribution in [3.8, 4) is 109 Å². The highest BCUT2D eigenvalue weighted by molar-refractivity contribution is 7.20. The highest BCUT2D eigenvalue weighted by Gasteiger charge is 2.52. The van der Waals surface area contributed by atoms with Gasteiger partial charge in [-0.1, -0.05) is 385 Å². The number of halogens is 1. The van der Waals surface area contributed by atoms with E-state index in [0.29, 0.717) is 5.69 Å². The molecule has 0 amide bonds. The molecule has 138 heavy (non-hydrogen) atoms. The predicted molar refractivity (Wildman–Crippen MR) is 582 cm³/mol. The first-order chi connectivity index (χ1) is 67.2. The second kappa shape index (κ2) is 33.2. The molecule has 0 spiro atoms. The van der Waals surface area contributed by atoms with E-state index >= 15 is 4.39 Å². The van der Waals surface area contributed by atoms with E-state index in [1.807, 2.05) is 89.4 Å². The number of anilines is 12. The van der Waals surface area contributed by atoms with Crippen LogP contribution in [0.2, 0.25) is 0 Å². The van der Waals surface area contributed by atoms with Crippen LogP contribution < -0.4 is 19.6 Å². The van der Waals surface area contributed by atoms with Gasteiger partial charge in [0.1, 0.15) is 5.82 Å². The van der Waals surface area contributed by atoms with Crippen LogP contribution >= 0.6 is 22.7 Å². The lowest BCUT2D eigenvalue weighted by Crippen LogP contribution is -2.23. The number of benzene rings is 18. The maximum Gasteiger partial charge on any atom is 0.148 e. The summed E-state index contributed by atoms with van der Waals surface area (Å²) in [5, 5.41) is 0. The van der Waals surface area contributed by atoms with Gasteiger partial charge in [-0.05, 0) is 250 Å². The Bertz CT molecular complexity index is 8160. The molecule has 0 saturated heterocycles. The van der Waals surface area contributed by atoms with Crippen LogP contribution in [0.1, 0.15) is 125 Å². The molecule has 0 saturated carbocycles. The van der Waals surface area contributed by atoms with Crippen molar-refractivity contribution in [2.45, 2.75) is 96.3 Å². The molecule has 4 nitrogen and oxygen atoms in total. The maximum atomic E-state index is 17.4. The zero-order valence-electron chi connectivity index (χ0n) is 79.1. The van der Waals surface area contributed by atoms with Crippen LogP contribution in [0.25, 0.3) is 109 Å². The van der Waals surface area contributed by atoms with Crippen molar-refractivity contribution in [2.24, 2.45) is 0 Å². The molecule has 20 aromatic rings. The van der Waals surface area contributed by atoms with Gasteiger partial charge in [0, 0.05) is 114 Å². The van der Waals surface area contributed by atoms with E-state index in [4.69, 9.17) is 0 Å². The molecule has 0 bridgehead atoms. The number of rotatable bonds is 17. The van der Waals surface area contributed by atoms with Crippen molar-refractivity contribution < 1.29 is 4.39 Å². The van der Waals surface area contributed by atoms with E-state index in [1.54, 1.807) is 6.07 Å². The monoisotopic (exact) mass is 1810 g/mol. The molecule has 0 aliphatic heterocycles. The average molecular weight is 1820 g/mol. The maximum absolute atomic E-state index is 17.4. The SMILES string of the molecule is CC1(C)c2cc(N(c3ccccc3)c3ccccc3-c3ccccc3)ccc2-c2sc3c(c21)C(C)(C)c1cc(N(c2ccccc2)c2c(F)cc(-c4ccccc4)cc2-c2ccccc2)ccc1-3.CC1(C)c2ccccc2-c2ccc(N(c3ccc4c(c3)C(C)(C)c3c-4sc4c3C(C)(C)c3cc(N(c5ccccc5)c5ccccc5-c5ccccc5)ccc3-4)c3ccccc3-c3ccccc3)cc21. The van der Waals surface area contributed by atoms with Crippen molar-refractivity contribution in [3.63, 3.8) is 0 Å². The van der Waals surface area contributed by atoms with Crippen LogP contribution in [0.5, 0.6) is 0 Å². The average Bonchev–Trinajstić information content (AvgIpc) is 1.52. The molecule has 5 aliphatic rings. The number of para-hydroxylation sites is 6. The number of thiophene rings is 2. The Morgan fingerprint density at radius 3 is 0.746 bits per heavy atom. The van der Waals surface area contributed by atoms with Crippen LogP contribution in [0.3, 0.4) is 0 Å². The second-order valence-corrected chi connectivity index (χ2v) is 42.0. The number of hydrogen-bond acceptors (Lipinski definition) is 6. The summed E-state index contributed by atoms with van der Waals surface area (Å²) >= 11 is 3.92. The van der Waals surface area contributed by atoms with E-state index in [1.165, 1.54) is 148 Å². The van der Waals surface area contributed by atoms with Gasteiger partial charge in [-0.3, -0.25) is 0 Å². The Labute approximate surface area is 817 Å². The first-order valence-corrected chi connectivity index (χ1v) is 49.8. The quantitative estimate of drug-likeness (QED) is 0.0901. The van der Waals surface area contributed by atoms with E-state index in [2.05, 4.69) is 459 Å². The van der Waals surface area contributed by atoms with Gasteiger partial charge in [0.2, 0.25) is 0 Å². The van der Waals surface area contributed by atoms with Crippen LogP contribution in [0.15, 0.2) is 443 Å². The lowest BCUT2D eigenvalue weighted by molar-refractivity contribution is 0.603. The van der Waals surface area contributed by atoms with Gasteiger partial charge in [-0.25, -0.2) is 4.39 Å². The topological polar surface area (TPSA) is 13.0 Å². The molecule has 0 N–H and O–H groups in total. The Balaban J connectivity index is 0.000000150. The third-order valence-corrected chi connectivity index (χ3v) is 32.6. The highest BCUT2D eigenvalue weighted by atomic mass is 32.1. The van der Waals surface area contributed by atoms with Gasteiger partial charge >= 0.3 is 0 Å². The molecular formula is C131H103FN4S2. The molecule has 666 valence electrons. The second-order valence-electron chi connectivity index (χ2n) is 39.9. The molecule has 2 aromatic heterocycles. The van der Waals surface area contributed by atoms with E-state index < -0.39 is 0 Å². The van der Waals surface area contributed by atoms with Crippen molar-refractivity contribution in [1.82, 2.24) is 0 Å². The highest BCUT2D eigenvalue weighted by Crippen LogP contribution is 2.68. The fraction of sp³-hybridized carbons (Fsp3) is 0.115. The summed E-state index contributed by atoms with van der Waals surface area (Å²) in [6.45, 7) is 24.2. The fourth-order valence-electron chi connectivity index (χ4n) is 23.4. The molecule has 2 heterocycles. The predicted octanol–water partition coefficient (Wildman–Crippen LogP) is 37.4. The van der Waals surface area contributed by atoms with Crippen molar-refractivity contribution in [2.75, 3.05) is 19.6 Å². The Morgan fingerprint density at radius 1 is 0.174 bits per heavy atom. The zero-order chi connectivity index (χ0) is 93.7. The summed E-state index contributed by atoms with van der Waals surface area (Å²) in [6.07, 6.45) is 0. The Hall–Kier alpha value is -15.5. The van der Waals surface area contributed by atoms with Gasteiger partial charge in [-0.15, -0.1) is 22.7 Å². The lowest BCUT2D eigenvalue weighted by atomic mass is 9.74. The van der Waals surface area contributed by atoms with E-state index in [-0.39, 0.29) is 32.9 Å². The number of fused-ring (bicyclic) bond motifs is 17. The minimum atomic E-state index is -0.335. The normalized spacial score (nSPS) is 14.2. The first-order valence-electron chi connectivity index (χ1n) is 48.1. The van der Waals surface area contributed by atoms with E-state index in [0.717, 1.165) is 79.1 Å². The smallest absolute Gasteiger partial charge is 0.148 e. The summed E-state index contributed by atoms with van der Waals surface area (Å²) in [6, 6.07) is 159. The van der Waals surface area contributed by atoms with Crippen molar-refractivity contribution in [3.05, 3.63) is 504 Å². The third kappa shape index (κ3) is 13.8. The third-order valence-electron chi connectivity index (χ3n) is 30.1. The van der Waals surface area contributed by atoms with Crippen LogP contribution in [-0.4, -0.2) is 0 Å². The lowest BCUT2D eigenvalue weighted by Gasteiger charge is -2.32. The molecule has 25 rings (SSSR count). The summed E-state index contributed by atoms with van der Waals surface area (Å²) in [7, 11) is 0. The Kier molecular flexibility index (Phi) is 20.5. The summed E-state index contributed by atoms with van der Waals surface area (Å²) in [4.78, 5) is 15.0. The molecule has 0 radical (unpaired) electrons. The number of nitrogens with zero attached hydrogens (tertiary/aromatic N) is 4.